The summed E-state index contributed by atoms with van der Waals surface area (Å²) in [5.74, 6) is 0. The van der Waals surface area contributed by atoms with Gasteiger partial charge in [-0.2, -0.15) is 0 Å². The highest BCUT2D eigenvalue weighted by atomic mass is 28.2. The molecular formula is C5H13NSi. The van der Waals surface area contributed by atoms with E-state index in [0.717, 1.165) is 0 Å². The van der Waals surface area contributed by atoms with Gasteiger partial charge in [-0.1, -0.05) is 18.8 Å². The van der Waals surface area contributed by atoms with Crippen LogP contribution in [0, 0.1) is 0 Å². The maximum Gasteiger partial charge on any atom is 0.0155 e. The fourth-order valence-corrected chi connectivity index (χ4v) is 1.58. The molecule has 0 aromatic rings. The molecule has 0 aliphatic heterocycles. The van der Waals surface area contributed by atoms with Crippen LogP contribution >= 0.6 is 0 Å². The van der Waals surface area contributed by atoms with Crippen molar-refractivity contribution in [1.82, 2.24) is 0 Å². The van der Waals surface area contributed by atoms with Crippen molar-refractivity contribution in [1.29, 1.82) is 0 Å². The van der Waals surface area contributed by atoms with E-state index in [4.69, 9.17) is 5.73 Å². The van der Waals surface area contributed by atoms with Crippen LogP contribution in [0.15, 0.2) is 0 Å². The van der Waals surface area contributed by atoms with Gasteiger partial charge in [-0.05, 0) is 6.92 Å². The molecule has 0 bridgehead atoms. The van der Waals surface area contributed by atoms with E-state index >= 15 is 0 Å². The van der Waals surface area contributed by atoms with Crippen molar-refractivity contribution in [3.05, 3.63) is 0 Å². The summed E-state index contributed by atoms with van der Waals surface area (Å²) >= 11 is 0. The molecule has 0 saturated heterocycles. The zero-order valence-corrected chi connectivity index (χ0v) is 6.23. The number of hydrogen-bond acceptors (Lipinski definition) is 1. The van der Waals surface area contributed by atoms with E-state index in [-0.39, 0.29) is 8.41 Å². The lowest BCUT2D eigenvalue weighted by Gasteiger charge is -1.93. The van der Waals surface area contributed by atoms with Gasteiger partial charge in [0.2, 0.25) is 0 Å². The van der Waals surface area contributed by atoms with Crippen LogP contribution in [0.25, 0.3) is 0 Å². The van der Waals surface area contributed by atoms with Crippen LogP contribution in [0.5, 0.6) is 0 Å². The maximum absolute atomic E-state index is 5.46. The Morgan fingerprint density at radius 3 is 2.00 bits per heavy atom. The predicted molar refractivity (Wildman–Crippen MR) is 37.2 cm³/mol. The van der Waals surface area contributed by atoms with Crippen LogP contribution in [0.1, 0.15) is 6.92 Å². The number of rotatable bonds is 1. The van der Waals surface area contributed by atoms with Gasteiger partial charge in [0.05, 0.1) is 0 Å². The lowest BCUT2D eigenvalue weighted by atomic mass is 10.4. The smallest absolute Gasteiger partial charge is 0.0155 e. The molecular weight excluding hydrogens is 102 g/mol. The molecule has 0 aliphatic carbocycles. The molecule has 42 valence electrons. The zero-order valence-electron chi connectivity index (χ0n) is 5.23. The Morgan fingerprint density at radius 2 is 2.00 bits per heavy atom. The summed E-state index contributed by atoms with van der Waals surface area (Å²) in [4.78, 5) is 0. The molecule has 0 aromatic carbocycles. The molecule has 0 spiro atoms. The maximum atomic E-state index is 5.46. The van der Waals surface area contributed by atoms with Crippen LogP contribution in [-0.4, -0.2) is 20.1 Å². The molecule has 0 saturated carbocycles. The van der Waals surface area contributed by atoms with Crippen molar-refractivity contribution in [2.45, 2.75) is 26.1 Å². The highest BCUT2D eigenvalue weighted by Gasteiger charge is 1.82. The van der Waals surface area contributed by atoms with Gasteiger partial charge in [-0.25, -0.2) is 0 Å². The van der Waals surface area contributed by atoms with Gasteiger partial charge in [0, 0.05) is 14.5 Å². The summed E-state index contributed by atoms with van der Waals surface area (Å²) in [7, 11) is -0.184. The molecule has 0 rings (SSSR count). The van der Waals surface area contributed by atoms with Crippen LogP contribution in [0.4, 0.5) is 0 Å². The minimum atomic E-state index is -0.184. The molecule has 0 fully saturated rings. The Labute approximate surface area is 46.8 Å². The zero-order chi connectivity index (χ0) is 5.86. The second-order valence-electron chi connectivity index (χ2n) is 2.10. The Morgan fingerprint density at radius 1 is 1.57 bits per heavy atom. The van der Waals surface area contributed by atoms with Crippen molar-refractivity contribution >= 4 is 14.1 Å². The van der Waals surface area contributed by atoms with E-state index in [2.05, 4.69) is 18.8 Å². The van der Waals surface area contributed by atoms with Gasteiger partial charge in [0.25, 0.3) is 0 Å². The first-order valence-corrected chi connectivity index (χ1v) is 5.11. The van der Waals surface area contributed by atoms with Crippen LogP contribution in [0.2, 0.25) is 13.1 Å². The van der Waals surface area contributed by atoms with E-state index in [1.54, 1.807) is 0 Å². The Bertz CT molecular complexity index is 72.1. The first-order chi connectivity index (χ1) is 3.13. The average molecular weight is 115 g/mol. The van der Waals surface area contributed by atoms with E-state index in [0.29, 0.717) is 6.04 Å². The Kier molecular flexibility index (Phi) is 3.12. The third-order valence-corrected chi connectivity index (χ3v) is 1.79. The topological polar surface area (TPSA) is 26.0 Å². The quantitative estimate of drug-likeness (QED) is 0.494. The minimum Gasteiger partial charge on any atom is -0.325 e. The van der Waals surface area contributed by atoms with Crippen molar-refractivity contribution < 1.29 is 0 Å². The summed E-state index contributed by atoms with van der Waals surface area (Å²) in [5, 5.41) is 0. The minimum absolute atomic E-state index is 0.184. The monoisotopic (exact) mass is 115 g/mol. The molecule has 2 N–H and O–H groups in total. The van der Waals surface area contributed by atoms with Crippen molar-refractivity contribution in [3.8, 4) is 0 Å². The normalized spacial score (nSPS) is 13.1. The molecule has 0 radical (unpaired) electrons. The van der Waals surface area contributed by atoms with Crippen LogP contribution < -0.4 is 5.73 Å². The number of hydrogen-bond donors (Lipinski definition) is 1. The highest BCUT2D eigenvalue weighted by Crippen LogP contribution is 1.67. The molecule has 0 aliphatic rings. The second kappa shape index (κ2) is 3.10. The third kappa shape index (κ3) is 6.05. The molecule has 0 amide bonds. The summed E-state index contributed by atoms with van der Waals surface area (Å²) in [6, 6.07) is 0.295. The van der Waals surface area contributed by atoms with Gasteiger partial charge >= 0.3 is 0 Å². The molecule has 1 nitrogen and oxygen atoms in total. The fraction of sp³-hybridized carbons (Fsp3) is 0.800. The summed E-state index contributed by atoms with van der Waals surface area (Å²) in [5.41, 5.74) is 7.68. The molecule has 0 heterocycles. The van der Waals surface area contributed by atoms with Crippen LogP contribution in [0.3, 0.4) is 0 Å². The molecule has 1 atom stereocenters. The van der Waals surface area contributed by atoms with Crippen molar-refractivity contribution in [2.24, 2.45) is 5.73 Å². The van der Waals surface area contributed by atoms with Gasteiger partial charge < -0.3 is 5.73 Å². The lowest BCUT2D eigenvalue weighted by Crippen LogP contribution is -2.19. The number of nitrogens with two attached hydrogens (primary N) is 1. The lowest BCUT2D eigenvalue weighted by molar-refractivity contribution is 1.01. The first kappa shape index (κ1) is 7.05. The van der Waals surface area contributed by atoms with Crippen molar-refractivity contribution in [3.63, 3.8) is 0 Å². The molecule has 2 heteroatoms. The van der Waals surface area contributed by atoms with Gasteiger partial charge in [-0.3, -0.25) is 0 Å². The van der Waals surface area contributed by atoms with Gasteiger partial charge in [0.1, 0.15) is 0 Å². The molecule has 1 unspecified atom stereocenters. The molecule has 0 aromatic heterocycles. The standard InChI is InChI=1S/C5H13NSi/c1-5(6)4-7(2)3/h4-5H,6H2,1-3H3. The Balaban J connectivity index is 3.45. The third-order valence-electron chi connectivity index (χ3n) is 0.596. The summed E-state index contributed by atoms with van der Waals surface area (Å²) in [6.45, 7) is 6.47. The average Bonchev–Trinajstić information content (AvgIpc) is 1.27. The van der Waals surface area contributed by atoms with E-state index < -0.39 is 0 Å². The van der Waals surface area contributed by atoms with E-state index in [9.17, 15) is 0 Å². The van der Waals surface area contributed by atoms with E-state index in [1.807, 2.05) is 6.92 Å². The Hall–Kier alpha value is 0.0469. The second-order valence-corrected chi connectivity index (χ2v) is 4.59. The van der Waals surface area contributed by atoms with E-state index in [1.165, 1.54) is 0 Å². The fourth-order valence-electron chi connectivity index (χ4n) is 0.526. The van der Waals surface area contributed by atoms with Gasteiger partial charge in [0.15, 0.2) is 0 Å². The predicted octanol–water partition coefficient (Wildman–Crippen LogP) is 0.472. The summed E-state index contributed by atoms with van der Waals surface area (Å²) < 4.78 is 0. The first-order valence-electron chi connectivity index (χ1n) is 2.53. The van der Waals surface area contributed by atoms with Crippen LogP contribution in [-0.2, 0) is 0 Å². The SMILES string of the molecule is CC(N)C=[Si](C)C. The summed E-state index contributed by atoms with van der Waals surface area (Å²) in [6.07, 6.45) is 0. The van der Waals surface area contributed by atoms with Crippen molar-refractivity contribution in [2.75, 3.05) is 0 Å². The highest BCUT2D eigenvalue weighted by molar-refractivity contribution is 6.64. The molecule has 7 heavy (non-hydrogen) atoms. The van der Waals surface area contributed by atoms with Gasteiger partial charge in [-0.15, -0.1) is 0 Å². The largest absolute Gasteiger partial charge is 0.325 e.